The SMILES string of the molecule is COc1nc(-c2cccc(-c3cccc(-c4ccc5nc(CNC[C@H](O)CC(=O)N(C)C)cn5n4)c3Cl)c2Cl)ccc1CNC[C@@H]1CCC(=O)N1. The van der Waals surface area contributed by atoms with Crippen molar-refractivity contribution in [3.8, 4) is 39.5 Å². The second kappa shape index (κ2) is 16.2. The van der Waals surface area contributed by atoms with Crippen molar-refractivity contribution in [2.45, 2.75) is 44.5 Å². The fourth-order valence-corrected chi connectivity index (χ4v) is 6.65. The molecule has 12 nitrogen and oxygen atoms in total. The lowest BCUT2D eigenvalue weighted by molar-refractivity contribution is -0.130. The van der Waals surface area contributed by atoms with Crippen LogP contribution in [0, 0.1) is 0 Å². The second-order valence-corrected chi connectivity index (χ2v) is 13.4. The van der Waals surface area contributed by atoms with E-state index in [9.17, 15) is 14.7 Å². The maximum Gasteiger partial charge on any atom is 0.224 e. The van der Waals surface area contributed by atoms with E-state index in [0.29, 0.717) is 59.0 Å². The zero-order valence-electron chi connectivity index (χ0n) is 28.6. The molecule has 4 N–H and O–H groups in total. The molecule has 2 atom stereocenters. The molecule has 266 valence electrons. The number of amides is 2. The van der Waals surface area contributed by atoms with Crippen LogP contribution in [0.5, 0.6) is 5.88 Å². The molecule has 1 aliphatic heterocycles. The monoisotopic (exact) mass is 730 g/mol. The van der Waals surface area contributed by atoms with E-state index in [4.69, 9.17) is 38.0 Å². The summed E-state index contributed by atoms with van der Waals surface area (Å²) < 4.78 is 7.34. The van der Waals surface area contributed by atoms with E-state index in [-0.39, 0.29) is 30.8 Å². The van der Waals surface area contributed by atoms with Crippen LogP contribution in [0.15, 0.2) is 66.9 Å². The van der Waals surface area contributed by atoms with Gasteiger partial charge in [-0.05, 0) is 24.6 Å². The van der Waals surface area contributed by atoms with Gasteiger partial charge in [-0.25, -0.2) is 14.5 Å². The van der Waals surface area contributed by atoms with Crippen molar-refractivity contribution in [1.29, 1.82) is 0 Å². The van der Waals surface area contributed by atoms with Crippen LogP contribution >= 0.6 is 23.2 Å². The van der Waals surface area contributed by atoms with Crippen molar-refractivity contribution < 1.29 is 19.4 Å². The van der Waals surface area contributed by atoms with Crippen LogP contribution in [0.4, 0.5) is 0 Å². The summed E-state index contributed by atoms with van der Waals surface area (Å²) >= 11 is 14.2. The number of aliphatic hydroxyl groups excluding tert-OH is 1. The molecule has 1 saturated heterocycles. The van der Waals surface area contributed by atoms with E-state index in [1.807, 2.05) is 66.9 Å². The number of methoxy groups -OCH3 is 1. The van der Waals surface area contributed by atoms with Gasteiger partial charge in [0.25, 0.3) is 0 Å². The lowest BCUT2D eigenvalue weighted by atomic mass is 9.98. The lowest BCUT2D eigenvalue weighted by Crippen LogP contribution is -2.35. The van der Waals surface area contributed by atoms with Crippen molar-refractivity contribution in [3.63, 3.8) is 0 Å². The number of halogens is 2. The Bertz CT molecular complexity index is 2050. The van der Waals surface area contributed by atoms with Crippen LogP contribution in [0.25, 0.3) is 39.3 Å². The maximum atomic E-state index is 11.8. The number of ether oxygens (including phenoxy) is 1. The number of fused-ring (bicyclic) bond motifs is 1. The molecule has 2 amide bonds. The van der Waals surface area contributed by atoms with Crippen LogP contribution < -0.4 is 20.7 Å². The number of benzene rings is 2. The van der Waals surface area contributed by atoms with Gasteiger partial charge in [0.05, 0.1) is 53.0 Å². The Balaban J connectivity index is 1.18. The number of nitrogens with one attached hydrogen (secondary N) is 3. The molecule has 3 aromatic heterocycles. The van der Waals surface area contributed by atoms with Gasteiger partial charge in [0.15, 0.2) is 5.65 Å². The van der Waals surface area contributed by atoms with Crippen LogP contribution in [-0.4, -0.2) is 87.8 Å². The zero-order valence-corrected chi connectivity index (χ0v) is 30.1. The number of aliphatic hydroxyl groups is 1. The number of aromatic nitrogens is 4. The molecule has 2 aromatic carbocycles. The van der Waals surface area contributed by atoms with E-state index in [1.54, 1.807) is 25.7 Å². The smallest absolute Gasteiger partial charge is 0.224 e. The second-order valence-electron chi connectivity index (χ2n) is 12.7. The summed E-state index contributed by atoms with van der Waals surface area (Å²) in [5, 5.41) is 25.5. The van der Waals surface area contributed by atoms with E-state index in [2.05, 4.69) is 20.9 Å². The third-order valence-electron chi connectivity index (χ3n) is 8.73. The van der Waals surface area contributed by atoms with E-state index < -0.39 is 6.10 Å². The summed E-state index contributed by atoms with van der Waals surface area (Å²) in [6.45, 7) is 1.87. The van der Waals surface area contributed by atoms with Crippen LogP contribution in [0.1, 0.15) is 30.5 Å². The predicted molar refractivity (Wildman–Crippen MR) is 198 cm³/mol. The third kappa shape index (κ3) is 8.49. The molecule has 4 heterocycles. The van der Waals surface area contributed by atoms with Gasteiger partial charge in [-0.3, -0.25) is 9.59 Å². The van der Waals surface area contributed by atoms with Gasteiger partial charge in [-0.1, -0.05) is 65.7 Å². The number of nitrogens with zero attached hydrogens (tertiary/aromatic N) is 5. The topological polar surface area (TPSA) is 146 Å². The largest absolute Gasteiger partial charge is 0.481 e. The average molecular weight is 732 g/mol. The molecule has 51 heavy (non-hydrogen) atoms. The fourth-order valence-electron chi connectivity index (χ4n) is 6.00. The molecule has 14 heteroatoms. The number of rotatable bonds is 14. The predicted octanol–water partition coefficient (Wildman–Crippen LogP) is 4.74. The van der Waals surface area contributed by atoms with Gasteiger partial charge in [0.2, 0.25) is 17.7 Å². The molecule has 6 rings (SSSR count). The highest BCUT2D eigenvalue weighted by Gasteiger charge is 2.21. The van der Waals surface area contributed by atoms with Gasteiger partial charge < -0.3 is 30.7 Å². The number of carbonyl (C=O) groups excluding carboxylic acids is 2. The summed E-state index contributed by atoms with van der Waals surface area (Å²) in [5.74, 6) is 0.453. The number of imidazole rings is 1. The van der Waals surface area contributed by atoms with Crippen LogP contribution in [-0.2, 0) is 22.7 Å². The van der Waals surface area contributed by atoms with Crippen molar-refractivity contribution in [2.75, 3.05) is 34.3 Å². The molecule has 0 radical (unpaired) electrons. The Labute approximate surface area is 306 Å². The summed E-state index contributed by atoms with van der Waals surface area (Å²) in [7, 11) is 4.92. The standard InChI is InChI=1S/C37H40Cl2N8O4/c1-46(2)34(50)16-25(48)20-41-19-24-21-47-32(42-24)14-13-31(45-47)29-9-5-7-27(36(29)39)26-6-4-8-28(35(26)38)30-12-10-22(37(44-30)51-3)17-40-18-23-11-15-33(49)43-23/h4-10,12-14,21,23,25,40-41,48H,11,15-20H2,1-3H3,(H,43,49)/t23-,25+/m0/s1. The van der Waals surface area contributed by atoms with Crippen molar-refractivity contribution in [1.82, 2.24) is 40.4 Å². The van der Waals surface area contributed by atoms with E-state index >= 15 is 0 Å². The Hall–Kier alpha value is -4.59. The molecule has 1 aliphatic rings. The van der Waals surface area contributed by atoms with E-state index in [1.165, 1.54) is 4.90 Å². The van der Waals surface area contributed by atoms with Crippen molar-refractivity contribution >= 4 is 40.7 Å². The molecule has 0 aliphatic carbocycles. The fraction of sp³-hybridized carbons (Fsp3) is 0.324. The van der Waals surface area contributed by atoms with Gasteiger partial charge in [0, 0.05) is 80.6 Å². The van der Waals surface area contributed by atoms with Gasteiger partial charge in [-0.2, -0.15) is 5.10 Å². The minimum Gasteiger partial charge on any atom is -0.481 e. The maximum absolute atomic E-state index is 11.8. The quantitative estimate of drug-likeness (QED) is 0.127. The van der Waals surface area contributed by atoms with Gasteiger partial charge in [-0.15, -0.1) is 0 Å². The molecule has 0 bridgehead atoms. The summed E-state index contributed by atoms with van der Waals surface area (Å²) in [5.41, 5.74) is 6.57. The highest BCUT2D eigenvalue weighted by Crippen LogP contribution is 2.42. The first-order valence-corrected chi connectivity index (χ1v) is 17.4. The van der Waals surface area contributed by atoms with Gasteiger partial charge >= 0.3 is 0 Å². The van der Waals surface area contributed by atoms with Crippen molar-refractivity contribution in [3.05, 3.63) is 88.2 Å². The number of hydrogen-bond donors (Lipinski definition) is 4. The Morgan fingerprint density at radius 3 is 2.33 bits per heavy atom. The normalized spacial score (nSPS) is 14.9. The lowest BCUT2D eigenvalue weighted by Gasteiger charge is -2.15. The molecule has 0 spiro atoms. The van der Waals surface area contributed by atoms with Crippen molar-refractivity contribution in [2.24, 2.45) is 0 Å². The minimum atomic E-state index is -0.794. The number of carbonyl (C=O) groups is 2. The number of pyridine rings is 1. The summed E-state index contributed by atoms with van der Waals surface area (Å²) in [6, 6.07) is 19.3. The summed E-state index contributed by atoms with van der Waals surface area (Å²) in [6.07, 6.45) is 2.47. The molecule has 0 saturated carbocycles. The molecule has 5 aromatic rings. The number of hydrogen-bond acceptors (Lipinski definition) is 9. The zero-order chi connectivity index (χ0) is 36.1. The summed E-state index contributed by atoms with van der Waals surface area (Å²) in [4.78, 5) is 34.2. The third-order valence-corrected chi connectivity index (χ3v) is 9.54. The minimum absolute atomic E-state index is 0.0485. The first kappa shape index (κ1) is 36.2. The highest BCUT2D eigenvalue weighted by atomic mass is 35.5. The Morgan fingerprint density at radius 1 is 0.980 bits per heavy atom. The first-order valence-electron chi connectivity index (χ1n) is 16.7. The van der Waals surface area contributed by atoms with Crippen LogP contribution in [0.3, 0.4) is 0 Å². The van der Waals surface area contributed by atoms with Crippen LogP contribution in [0.2, 0.25) is 10.0 Å². The molecule has 1 fully saturated rings. The van der Waals surface area contributed by atoms with Gasteiger partial charge in [0.1, 0.15) is 0 Å². The Kier molecular flexibility index (Phi) is 11.5. The van der Waals surface area contributed by atoms with E-state index in [0.717, 1.165) is 39.9 Å². The molecule has 0 unspecified atom stereocenters. The average Bonchev–Trinajstić information content (AvgIpc) is 3.73. The molecular weight excluding hydrogens is 691 g/mol. The Morgan fingerprint density at radius 2 is 1.67 bits per heavy atom. The first-order chi connectivity index (χ1) is 24.6. The highest BCUT2D eigenvalue weighted by molar-refractivity contribution is 6.39. The molecular formula is C37H40Cl2N8O4.